The number of hydrogen-bond donors (Lipinski definition) is 0. The lowest BCUT2D eigenvalue weighted by atomic mass is 10.1. The highest BCUT2D eigenvalue weighted by atomic mass is 16.5. The Morgan fingerprint density at radius 3 is 2.63 bits per heavy atom. The van der Waals surface area contributed by atoms with Crippen LogP contribution in [0.15, 0.2) is 48.7 Å². The molecular weight excluding hydrogens is 338 g/mol. The molecule has 146 valence electrons. The molecule has 1 unspecified atom stereocenters. The summed E-state index contributed by atoms with van der Waals surface area (Å²) in [5.41, 5.74) is 3.00. The summed E-state index contributed by atoms with van der Waals surface area (Å²) in [4.78, 5) is 4.66. The number of rotatable bonds is 11. The molecule has 0 aliphatic rings. The van der Waals surface area contributed by atoms with Crippen LogP contribution in [0.5, 0.6) is 11.5 Å². The number of aromatic nitrogens is 1. The predicted octanol–water partition coefficient (Wildman–Crippen LogP) is 5.94. The summed E-state index contributed by atoms with van der Waals surface area (Å²) in [6, 6.07) is 12.0. The van der Waals surface area contributed by atoms with E-state index in [1.165, 1.54) is 0 Å². The molecule has 0 radical (unpaired) electrons. The van der Waals surface area contributed by atoms with Crippen LogP contribution in [0.1, 0.15) is 56.2 Å². The molecule has 0 N–H and O–H groups in total. The smallest absolute Gasteiger partial charge is 0.145 e. The van der Waals surface area contributed by atoms with E-state index in [4.69, 9.17) is 14.2 Å². The van der Waals surface area contributed by atoms with Crippen molar-refractivity contribution in [3.05, 3.63) is 65.7 Å². The van der Waals surface area contributed by atoms with Gasteiger partial charge in [0.2, 0.25) is 0 Å². The molecule has 0 saturated carbocycles. The molecular formula is C23H31NO3. The van der Waals surface area contributed by atoms with Gasteiger partial charge in [-0.05, 0) is 69.5 Å². The predicted molar refractivity (Wildman–Crippen MR) is 109 cm³/mol. The minimum absolute atomic E-state index is 0.0475. The van der Waals surface area contributed by atoms with Crippen molar-refractivity contribution in [2.45, 2.75) is 53.1 Å². The Morgan fingerprint density at radius 2 is 1.96 bits per heavy atom. The van der Waals surface area contributed by atoms with Gasteiger partial charge >= 0.3 is 0 Å². The summed E-state index contributed by atoms with van der Waals surface area (Å²) < 4.78 is 17.4. The quantitative estimate of drug-likeness (QED) is 0.460. The van der Waals surface area contributed by atoms with Crippen molar-refractivity contribution in [2.24, 2.45) is 0 Å². The highest BCUT2D eigenvalue weighted by molar-refractivity contribution is 5.39. The minimum atomic E-state index is -0.0475. The van der Waals surface area contributed by atoms with Gasteiger partial charge in [-0.2, -0.15) is 0 Å². The van der Waals surface area contributed by atoms with Crippen molar-refractivity contribution in [3.63, 3.8) is 0 Å². The van der Waals surface area contributed by atoms with Crippen molar-refractivity contribution in [2.75, 3.05) is 13.2 Å². The van der Waals surface area contributed by atoms with E-state index in [2.05, 4.69) is 18.5 Å². The Labute approximate surface area is 163 Å². The van der Waals surface area contributed by atoms with Crippen LogP contribution >= 0.6 is 0 Å². The summed E-state index contributed by atoms with van der Waals surface area (Å²) in [6.45, 7) is 12.9. The van der Waals surface area contributed by atoms with Gasteiger partial charge in [0.25, 0.3) is 0 Å². The molecule has 1 heterocycles. The molecule has 0 spiro atoms. The zero-order valence-corrected chi connectivity index (χ0v) is 17.0. The minimum Gasteiger partial charge on any atom is -0.495 e. The van der Waals surface area contributed by atoms with Gasteiger partial charge in [0, 0.05) is 5.69 Å². The standard InChI is InChI=1S/C23H31NO3/c1-6-8-12-23(21-11-9-10-18(4)24-21)27-20-13-14-22(17(3)15-20)26-16-19(5)25-7-2/h9-11,13-15,23H,5-8,12,16H2,1-4H3. The van der Waals surface area contributed by atoms with Gasteiger partial charge in [-0.1, -0.05) is 26.0 Å². The third kappa shape index (κ3) is 6.63. The van der Waals surface area contributed by atoms with Crippen LogP contribution in [0.2, 0.25) is 0 Å². The number of ether oxygens (including phenoxy) is 3. The largest absolute Gasteiger partial charge is 0.495 e. The second kappa shape index (κ2) is 10.6. The Kier molecular flexibility index (Phi) is 8.18. The van der Waals surface area contributed by atoms with Gasteiger partial charge in [0.15, 0.2) is 0 Å². The number of aryl methyl sites for hydroxylation is 2. The maximum absolute atomic E-state index is 6.30. The number of unbranched alkanes of at least 4 members (excludes halogenated alkanes) is 1. The summed E-state index contributed by atoms with van der Waals surface area (Å²) >= 11 is 0. The first kappa shape index (κ1) is 20.8. The molecule has 4 heteroatoms. The van der Waals surface area contributed by atoms with Crippen LogP contribution in [-0.4, -0.2) is 18.2 Å². The van der Waals surface area contributed by atoms with E-state index < -0.39 is 0 Å². The van der Waals surface area contributed by atoms with E-state index >= 15 is 0 Å². The number of pyridine rings is 1. The van der Waals surface area contributed by atoms with Gasteiger partial charge in [0.1, 0.15) is 30.0 Å². The molecule has 0 amide bonds. The maximum Gasteiger partial charge on any atom is 0.145 e. The normalized spacial score (nSPS) is 11.7. The van der Waals surface area contributed by atoms with Crippen molar-refractivity contribution in [1.29, 1.82) is 0 Å². The van der Waals surface area contributed by atoms with E-state index in [1.54, 1.807) is 0 Å². The molecule has 0 aliphatic heterocycles. The van der Waals surface area contributed by atoms with E-state index in [0.717, 1.165) is 47.7 Å². The lowest BCUT2D eigenvalue weighted by molar-refractivity contribution is 0.180. The van der Waals surface area contributed by atoms with Gasteiger partial charge in [0.05, 0.1) is 12.3 Å². The molecule has 1 aromatic carbocycles. The Bertz CT molecular complexity index is 742. The zero-order valence-electron chi connectivity index (χ0n) is 17.0. The number of benzene rings is 1. The van der Waals surface area contributed by atoms with E-state index in [9.17, 15) is 0 Å². The Balaban J connectivity index is 2.08. The highest BCUT2D eigenvalue weighted by Crippen LogP contribution is 2.29. The third-order valence-corrected chi connectivity index (χ3v) is 4.22. The SMILES string of the molecule is C=C(COc1ccc(OC(CCCC)c2cccc(C)n2)cc1C)OCC. The van der Waals surface area contributed by atoms with Crippen molar-refractivity contribution < 1.29 is 14.2 Å². The molecule has 0 saturated heterocycles. The molecule has 0 fully saturated rings. The van der Waals surface area contributed by atoms with Crippen molar-refractivity contribution >= 4 is 0 Å². The van der Waals surface area contributed by atoms with Gasteiger partial charge in [-0.25, -0.2) is 0 Å². The fourth-order valence-electron chi connectivity index (χ4n) is 2.83. The lowest BCUT2D eigenvalue weighted by Gasteiger charge is -2.20. The molecule has 2 aromatic rings. The zero-order chi connectivity index (χ0) is 19.6. The molecule has 1 atom stereocenters. The first-order valence-corrected chi connectivity index (χ1v) is 9.67. The monoisotopic (exact) mass is 369 g/mol. The van der Waals surface area contributed by atoms with Crippen molar-refractivity contribution in [1.82, 2.24) is 4.98 Å². The summed E-state index contributed by atoms with van der Waals surface area (Å²) in [5.74, 6) is 2.26. The molecule has 1 aromatic heterocycles. The lowest BCUT2D eigenvalue weighted by Crippen LogP contribution is -2.10. The molecule has 0 aliphatic carbocycles. The second-order valence-corrected chi connectivity index (χ2v) is 6.64. The third-order valence-electron chi connectivity index (χ3n) is 4.22. The van der Waals surface area contributed by atoms with Crippen molar-refractivity contribution in [3.8, 4) is 11.5 Å². The average molecular weight is 370 g/mol. The highest BCUT2D eigenvalue weighted by Gasteiger charge is 2.15. The van der Waals surface area contributed by atoms with Crippen LogP contribution < -0.4 is 9.47 Å². The molecule has 27 heavy (non-hydrogen) atoms. The summed E-state index contributed by atoms with van der Waals surface area (Å²) in [6.07, 6.45) is 3.12. The molecule has 4 nitrogen and oxygen atoms in total. The maximum atomic E-state index is 6.30. The van der Waals surface area contributed by atoms with Crippen LogP contribution in [0.25, 0.3) is 0 Å². The fraction of sp³-hybridized carbons (Fsp3) is 0.435. The summed E-state index contributed by atoms with van der Waals surface area (Å²) in [7, 11) is 0. The van der Waals surface area contributed by atoms with Gasteiger partial charge in [-0.3, -0.25) is 4.98 Å². The Morgan fingerprint density at radius 1 is 1.15 bits per heavy atom. The van der Waals surface area contributed by atoms with E-state index in [1.807, 2.05) is 57.2 Å². The first-order valence-electron chi connectivity index (χ1n) is 9.67. The van der Waals surface area contributed by atoms with Crippen LogP contribution in [0, 0.1) is 13.8 Å². The fourth-order valence-corrected chi connectivity index (χ4v) is 2.83. The second-order valence-electron chi connectivity index (χ2n) is 6.64. The molecule has 0 bridgehead atoms. The van der Waals surface area contributed by atoms with E-state index in [0.29, 0.717) is 19.0 Å². The molecule has 2 rings (SSSR count). The van der Waals surface area contributed by atoms with E-state index in [-0.39, 0.29) is 6.10 Å². The van der Waals surface area contributed by atoms with Gasteiger partial charge in [-0.15, -0.1) is 0 Å². The van der Waals surface area contributed by atoms with Gasteiger partial charge < -0.3 is 14.2 Å². The van der Waals surface area contributed by atoms with Crippen LogP contribution in [0.4, 0.5) is 0 Å². The summed E-state index contributed by atoms with van der Waals surface area (Å²) in [5, 5.41) is 0. The van der Waals surface area contributed by atoms with Crippen LogP contribution in [-0.2, 0) is 4.74 Å². The number of nitrogens with zero attached hydrogens (tertiary/aromatic N) is 1. The Hall–Kier alpha value is -2.49. The van der Waals surface area contributed by atoms with Crippen LogP contribution in [0.3, 0.4) is 0 Å². The first-order chi connectivity index (χ1) is 13.0. The average Bonchev–Trinajstić information content (AvgIpc) is 2.64. The number of hydrogen-bond acceptors (Lipinski definition) is 4. The topological polar surface area (TPSA) is 40.6 Å².